The van der Waals surface area contributed by atoms with E-state index in [4.69, 9.17) is 11.6 Å². The summed E-state index contributed by atoms with van der Waals surface area (Å²) in [4.78, 5) is 10.6. The molecule has 1 rings (SSSR count). The predicted molar refractivity (Wildman–Crippen MR) is 66.1 cm³/mol. The summed E-state index contributed by atoms with van der Waals surface area (Å²) in [7, 11) is -3.84. The van der Waals surface area contributed by atoms with E-state index in [0.717, 1.165) is 18.4 Å². The Kier molecular flexibility index (Phi) is 4.89. The molecule has 1 aromatic carbocycles. The minimum Gasteiger partial charge on any atom is -0.464 e. The van der Waals surface area contributed by atoms with Crippen LogP contribution in [-0.2, 0) is 19.4 Å². The highest BCUT2D eigenvalue weighted by Gasteiger charge is 2.24. The molecule has 0 bridgehead atoms. The lowest BCUT2D eigenvalue weighted by atomic mass is 10.1. The fourth-order valence-electron chi connectivity index (χ4n) is 1.45. The Labute approximate surface area is 114 Å². The van der Waals surface area contributed by atoms with E-state index < -0.39 is 37.6 Å². The quantitative estimate of drug-likeness (QED) is 0.852. The van der Waals surface area contributed by atoms with E-state index in [1.165, 1.54) is 0 Å². The molecule has 0 aliphatic rings. The summed E-state index contributed by atoms with van der Waals surface area (Å²) in [6.45, 7) is 1.60. The van der Waals surface area contributed by atoms with Crippen LogP contribution in [0.4, 0.5) is 4.39 Å². The number of carbonyl (C=O) groups is 1. The zero-order chi connectivity index (χ0) is 14.8. The zero-order valence-electron chi connectivity index (χ0n) is 10.2. The largest absolute Gasteiger partial charge is 0.464 e. The van der Waals surface area contributed by atoms with Crippen LogP contribution in [0.1, 0.15) is 18.6 Å². The van der Waals surface area contributed by atoms with Crippen molar-refractivity contribution in [2.24, 2.45) is 0 Å². The van der Waals surface area contributed by atoms with E-state index in [1.807, 2.05) is 0 Å². The first-order valence-corrected chi connectivity index (χ1v) is 7.49. The van der Waals surface area contributed by atoms with Crippen molar-refractivity contribution in [2.45, 2.75) is 17.9 Å². The van der Waals surface area contributed by atoms with Gasteiger partial charge in [0.2, 0.25) is 0 Å². The number of hydrogen-bond acceptors (Lipinski definition) is 5. The standard InChI is InChI=1S/C11H12ClFO5S/c1-3-18-11(15)9(14)6-4-7(12)10(8(13)5-6)19(2,16)17/h4-5,9,14H,3H2,1-2H3. The number of halogens is 2. The average Bonchev–Trinajstić information content (AvgIpc) is 2.25. The number of carbonyl (C=O) groups excluding carboxylic acids is 1. The van der Waals surface area contributed by atoms with Crippen LogP contribution in [0.15, 0.2) is 17.0 Å². The SMILES string of the molecule is CCOC(=O)C(O)c1cc(F)c(S(C)(=O)=O)c(Cl)c1. The van der Waals surface area contributed by atoms with Gasteiger partial charge in [-0.15, -0.1) is 0 Å². The second-order valence-corrected chi connectivity index (χ2v) is 6.10. The molecule has 106 valence electrons. The number of hydrogen-bond donors (Lipinski definition) is 1. The molecule has 1 atom stereocenters. The molecule has 19 heavy (non-hydrogen) atoms. The number of sulfone groups is 1. The van der Waals surface area contributed by atoms with Crippen molar-refractivity contribution in [3.05, 3.63) is 28.5 Å². The van der Waals surface area contributed by atoms with Crippen molar-refractivity contribution in [3.63, 3.8) is 0 Å². The van der Waals surface area contributed by atoms with Gasteiger partial charge in [-0.1, -0.05) is 11.6 Å². The van der Waals surface area contributed by atoms with Crippen LogP contribution in [0, 0.1) is 5.82 Å². The molecule has 1 N–H and O–H groups in total. The molecule has 0 radical (unpaired) electrons. The maximum absolute atomic E-state index is 13.7. The summed E-state index contributed by atoms with van der Waals surface area (Å²) in [6.07, 6.45) is -0.917. The van der Waals surface area contributed by atoms with Gasteiger partial charge in [-0.05, 0) is 24.6 Å². The Morgan fingerprint density at radius 1 is 1.53 bits per heavy atom. The maximum Gasteiger partial charge on any atom is 0.339 e. The first-order valence-electron chi connectivity index (χ1n) is 5.22. The summed E-state index contributed by atoms with van der Waals surface area (Å²) in [5.41, 5.74) is -0.173. The number of aliphatic hydroxyl groups is 1. The van der Waals surface area contributed by atoms with Gasteiger partial charge >= 0.3 is 5.97 Å². The molecule has 8 heteroatoms. The lowest BCUT2D eigenvalue weighted by Gasteiger charge is -2.12. The maximum atomic E-state index is 13.7. The molecule has 1 aromatic rings. The first-order chi connectivity index (χ1) is 8.68. The molecule has 0 aliphatic heterocycles. The van der Waals surface area contributed by atoms with Crippen LogP contribution in [0.25, 0.3) is 0 Å². The molecular formula is C11H12ClFO5S. The van der Waals surface area contributed by atoms with Crippen LogP contribution in [0.3, 0.4) is 0 Å². The van der Waals surface area contributed by atoms with Gasteiger partial charge in [-0.2, -0.15) is 0 Å². The molecular weight excluding hydrogens is 299 g/mol. The minimum atomic E-state index is -3.84. The van der Waals surface area contributed by atoms with Crippen molar-refractivity contribution < 1.29 is 27.4 Å². The number of benzene rings is 1. The van der Waals surface area contributed by atoms with Crippen LogP contribution in [0.2, 0.25) is 5.02 Å². The van der Waals surface area contributed by atoms with Crippen molar-refractivity contribution >= 4 is 27.4 Å². The molecule has 0 amide bonds. The van der Waals surface area contributed by atoms with Gasteiger partial charge in [0.05, 0.1) is 11.6 Å². The van der Waals surface area contributed by atoms with Gasteiger partial charge in [0.1, 0.15) is 10.7 Å². The molecule has 0 heterocycles. The van der Waals surface area contributed by atoms with E-state index in [0.29, 0.717) is 0 Å². The fourth-order valence-corrected chi connectivity index (χ4v) is 2.91. The van der Waals surface area contributed by atoms with Crippen LogP contribution in [-0.4, -0.2) is 32.4 Å². The summed E-state index contributed by atoms with van der Waals surface area (Å²) < 4.78 is 40.9. The van der Waals surface area contributed by atoms with E-state index >= 15 is 0 Å². The van der Waals surface area contributed by atoms with Crippen LogP contribution >= 0.6 is 11.6 Å². The number of ether oxygens (including phenoxy) is 1. The predicted octanol–water partition coefficient (Wildman–Crippen LogP) is 1.48. The smallest absolute Gasteiger partial charge is 0.339 e. The Morgan fingerprint density at radius 2 is 2.11 bits per heavy atom. The summed E-state index contributed by atoms with van der Waals surface area (Å²) in [5.74, 6) is -2.10. The molecule has 0 fully saturated rings. The average molecular weight is 311 g/mol. The van der Waals surface area contributed by atoms with Crippen LogP contribution in [0.5, 0.6) is 0 Å². The third-order valence-corrected chi connectivity index (χ3v) is 3.78. The zero-order valence-corrected chi connectivity index (χ0v) is 11.8. The number of rotatable bonds is 4. The van der Waals surface area contributed by atoms with Crippen LogP contribution < -0.4 is 0 Å². The summed E-state index contributed by atoms with van der Waals surface area (Å²) >= 11 is 5.66. The molecule has 0 spiro atoms. The highest BCUT2D eigenvalue weighted by Crippen LogP contribution is 2.29. The highest BCUT2D eigenvalue weighted by molar-refractivity contribution is 7.90. The Morgan fingerprint density at radius 3 is 2.53 bits per heavy atom. The summed E-state index contributed by atoms with van der Waals surface area (Å²) in [6, 6.07) is 1.76. The second kappa shape index (κ2) is 5.85. The molecule has 1 unspecified atom stereocenters. The van der Waals surface area contributed by atoms with E-state index in [1.54, 1.807) is 6.92 Å². The van der Waals surface area contributed by atoms with E-state index in [9.17, 15) is 22.7 Å². The van der Waals surface area contributed by atoms with Crippen molar-refractivity contribution in [1.29, 1.82) is 0 Å². The molecule has 0 saturated heterocycles. The van der Waals surface area contributed by atoms with E-state index in [-0.39, 0.29) is 12.2 Å². The minimum absolute atomic E-state index is 0.0491. The third-order valence-electron chi connectivity index (χ3n) is 2.22. The van der Waals surface area contributed by atoms with Crippen molar-refractivity contribution in [3.8, 4) is 0 Å². The highest BCUT2D eigenvalue weighted by atomic mass is 35.5. The monoisotopic (exact) mass is 310 g/mol. The first kappa shape index (κ1) is 15.9. The molecule has 0 aliphatic carbocycles. The van der Waals surface area contributed by atoms with Crippen molar-refractivity contribution in [2.75, 3.05) is 12.9 Å². The molecule has 0 aromatic heterocycles. The number of esters is 1. The normalized spacial score (nSPS) is 13.1. The van der Waals surface area contributed by atoms with Gasteiger partial charge in [0, 0.05) is 6.26 Å². The van der Waals surface area contributed by atoms with Gasteiger partial charge in [0.25, 0.3) is 0 Å². The lowest BCUT2D eigenvalue weighted by molar-refractivity contribution is -0.153. The van der Waals surface area contributed by atoms with Gasteiger partial charge < -0.3 is 9.84 Å². The Balaban J connectivity index is 3.26. The lowest BCUT2D eigenvalue weighted by Crippen LogP contribution is -2.16. The van der Waals surface area contributed by atoms with Gasteiger partial charge in [-0.25, -0.2) is 17.6 Å². The molecule has 0 saturated carbocycles. The number of aliphatic hydroxyl groups excluding tert-OH is 1. The van der Waals surface area contributed by atoms with Gasteiger partial charge in [0.15, 0.2) is 15.9 Å². The van der Waals surface area contributed by atoms with Gasteiger partial charge in [-0.3, -0.25) is 0 Å². The fraction of sp³-hybridized carbons (Fsp3) is 0.364. The second-order valence-electron chi connectivity index (χ2n) is 3.74. The third kappa shape index (κ3) is 3.65. The van der Waals surface area contributed by atoms with E-state index in [2.05, 4.69) is 4.74 Å². The molecule has 5 nitrogen and oxygen atoms in total. The Hall–Kier alpha value is -1.18. The topological polar surface area (TPSA) is 80.7 Å². The summed E-state index contributed by atoms with van der Waals surface area (Å²) in [5, 5.41) is 9.21. The van der Waals surface area contributed by atoms with Crippen molar-refractivity contribution in [1.82, 2.24) is 0 Å². The Bertz CT molecular complexity index is 576.